The van der Waals surface area contributed by atoms with Gasteiger partial charge in [-0.05, 0) is 48.9 Å². The molecule has 2 aromatic rings. The summed E-state index contributed by atoms with van der Waals surface area (Å²) in [7, 11) is 0. The normalized spacial score (nSPS) is 18.2. The van der Waals surface area contributed by atoms with E-state index in [2.05, 4.69) is 62.8 Å². The van der Waals surface area contributed by atoms with Gasteiger partial charge in [0.05, 0.1) is 0 Å². The molecule has 5 nitrogen and oxygen atoms in total. The SMILES string of the molecule is O=C(NN=C1CCCCC1)c1ccc(CN2CCN(Cc3ccccc3)CC2)cc1. The number of amides is 1. The predicted molar refractivity (Wildman–Crippen MR) is 121 cm³/mol. The Morgan fingerprint density at radius 1 is 0.767 bits per heavy atom. The largest absolute Gasteiger partial charge is 0.297 e. The Hall–Kier alpha value is -2.50. The molecule has 158 valence electrons. The molecule has 1 saturated carbocycles. The van der Waals surface area contributed by atoms with Crippen molar-refractivity contribution in [3.05, 3.63) is 71.3 Å². The van der Waals surface area contributed by atoms with Gasteiger partial charge in [-0.25, -0.2) is 5.43 Å². The summed E-state index contributed by atoms with van der Waals surface area (Å²) < 4.78 is 0. The van der Waals surface area contributed by atoms with Gasteiger partial charge in [-0.3, -0.25) is 14.6 Å². The lowest BCUT2D eigenvalue weighted by Gasteiger charge is -2.34. The molecule has 0 spiro atoms. The van der Waals surface area contributed by atoms with Crippen molar-refractivity contribution in [2.75, 3.05) is 26.2 Å². The molecule has 0 radical (unpaired) electrons. The van der Waals surface area contributed by atoms with Crippen LogP contribution in [0.2, 0.25) is 0 Å². The van der Waals surface area contributed by atoms with E-state index < -0.39 is 0 Å². The second-order valence-corrected chi connectivity index (χ2v) is 8.41. The van der Waals surface area contributed by atoms with E-state index in [-0.39, 0.29) is 5.91 Å². The van der Waals surface area contributed by atoms with Crippen molar-refractivity contribution in [2.45, 2.75) is 45.2 Å². The average molecular weight is 405 g/mol. The zero-order chi connectivity index (χ0) is 20.6. The Morgan fingerprint density at radius 3 is 1.93 bits per heavy atom. The Bertz CT molecular complexity index is 831. The van der Waals surface area contributed by atoms with Crippen molar-refractivity contribution >= 4 is 11.6 Å². The van der Waals surface area contributed by atoms with Crippen LogP contribution >= 0.6 is 0 Å². The molecule has 0 unspecified atom stereocenters. The van der Waals surface area contributed by atoms with Gasteiger partial charge in [-0.15, -0.1) is 0 Å². The molecule has 1 N–H and O–H groups in total. The number of benzene rings is 2. The first-order valence-corrected chi connectivity index (χ1v) is 11.2. The lowest BCUT2D eigenvalue weighted by atomic mass is 9.99. The smallest absolute Gasteiger partial charge is 0.271 e. The molecule has 0 bridgehead atoms. The van der Waals surface area contributed by atoms with E-state index >= 15 is 0 Å². The van der Waals surface area contributed by atoms with Crippen LogP contribution in [0.25, 0.3) is 0 Å². The van der Waals surface area contributed by atoms with Crippen molar-refractivity contribution in [3.63, 3.8) is 0 Å². The van der Waals surface area contributed by atoms with Gasteiger partial charge in [0.25, 0.3) is 5.91 Å². The monoisotopic (exact) mass is 404 g/mol. The zero-order valence-corrected chi connectivity index (χ0v) is 17.7. The topological polar surface area (TPSA) is 47.9 Å². The first kappa shape index (κ1) is 20.8. The van der Waals surface area contributed by atoms with E-state index in [9.17, 15) is 4.79 Å². The van der Waals surface area contributed by atoms with Gasteiger partial charge in [0, 0.05) is 50.5 Å². The Balaban J connectivity index is 1.22. The highest BCUT2D eigenvalue weighted by molar-refractivity contribution is 5.95. The summed E-state index contributed by atoms with van der Waals surface area (Å²) in [6.07, 6.45) is 5.67. The standard InChI is InChI=1S/C25H32N4O/c30-25(27-26-24-9-5-2-6-10-24)23-13-11-22(12-14-23)20-29-17-15-28(16-18-29)19-21-7-3-1-4-8-21/h1,3-4,7-8,11-14H,2,5-6,9-10,15-20H2,(H,27,30). The van der Waals surface area contributed by atoms with Crippen molar-refractivity contribution < 1.29 is 4.79 Å². The van der Waals surface area contributed by atoms with E-state index in [0.29, 0.717) is 5.56 Å². The van der Waals surface area contributed by atoms with Gasteiger partial charge in [0.2, 0.25) is 0 Å². The van der Waals surface area contributed by atoms with Gasteiger partial charge in [0.15, 0.2) is 0 Å². The Labute approximate surface area is 179 Å². The molecule has 1 aliphatic carbocycles. The Kier molecular flexibility index (Phi) is 7.27. The van der Waals surface area contributed by atoms with Crippen LogP contribution in [-0.4, -0.2) is 47.6 Å². The fourth-order valence-corrected chi connectivity index (χ4v) is 4.23. The lowest BCUT2D eigenvalue weighted by molar-refractivity contribution is 0.0954. The quantitative estimate of drug-likeness (QED) is 0.739. The van der Waals surface area contributed by atoms with Crippen molar-refractivity contribution in [1.82, 2.24) is 15.2 Å². The molecule has 2 aromatic carbocycles. The number of hydrogen-bond donors (Lipinski definition) is 1. The number of carbonyl (C=O) groups excluding carboxylic acids is 1. The molecule has 30 heavy (non-hydrogen) atoms. The van der Waals surface area contributed by atoms with Gasteiger partial charge < -0.3 is 0 Å². The summed E-state index contributed by atoms with van der Waals surface area (Å²) in [5.74, 6) is -0.117. The molecule has 1 saturated heterocycles. The molecule has 4 rings (SSSR count). The molecule has 1 heterocycles. The summed E-state index contributed by atoms with van der Waals surface area (Å²) in [6, 6.07) is 18.7. The number of hydrazone groups is 1. The summed E-state index contributed by atoms with van der Waals surface area (Å²) >= 11 is 0. The fraction of sp³-hybridized carbons (Fsp3) is 0.440. The van der Waals surface area contributed by atoms with Crippen molar-refractivity contribution in [1.29, 1.82) is 0 Å². The Morgan fingerprint density at radius 2 is 1.33 bits per heavy atom. The van der Waals surface area contributed by atoms with Crippen LogP contribution in [0.4, 0.5) is 0 Å². The van der Waals surface area contributed by atoms with E-state index in [1.807, 2.05) is 12.1 Å². The third kappa shape index (κ3) is 6.00. The van der Waals surface area contributed by atoms with Gasteiger partial charge in [-0.2, -0.15) is 5.10 Å². The molecule has 2 fully saturated rings. The number of rotatable bonds is 6. The van der Waals surface area contributed by atoms with E-state index in [1.165, 1.54) is 30.4 Å². The summed E-state index contributed by atoms with van der Waals surface area (Å²) in [6.45, 7) is 6.30. The van der Waals surface area contributed by atoms with Crippen LogP contribution in [0.3, 0.4) is 0 Å². The molecule has 5 heteroatoms. The van der Waals surface area contributed by atoms with Crippen LogP contribution in [0, 0.1) is 0 Å². The predicted octanol–water partition coefficient (Wildman–Crippen LogP) is 4.05. The van der Waals surface area contributed by atoms with Crippen LogP contribution < -0.4 is 5.43 Å². The molecule has 0 atom stereocenters. The second-order valence-electron chi connectivity index (χ2n) is 8.41. The number of carbonyl (C=O) groups is 1. The van der Waals surface area contributed by atoms with Crippen LogP contribution in [0.5, 0.6) is 0 Å². The van der Waals surface area contributed by atoms with Gasteiger partial charge >= 0.3 is 0 Å². The van der Waals surface area contributed by atoms with Crippen molar-refractivity contribution in [2.24, 2.45) is 5.10 Å². The first-order valence-electron chi connectivity index (χ1n) is 11.2. The van der Waals surface area contributed by atoms with Gasteiger partial charge in [0.1, 0.15) is 0 Å². The molecule has 2 aliphatic rings. The minimum Gasteiger partial charge on any atom is -0.297 e. The third-order valence-electron chi connectivity index (χ3n) is 6.08. The fourth-order valence-electron chi connectivity index (χ4n) is 4.23. The minimum absolute atomic E-state index is 0.117. The van der Waals surface area contributed by atoms with Gasteiger partial charge in [-0.1, -0.05) is 48.9 Å². The summed E-state index contributed by atoms with van der Waals surface area (Å²) in [5.41, 5.74) is 7.16. The number of nitrogens with zero attached hydrogens (tertiary/aromatic N) is 3. The minimum atomic E-state index is -0.117. The van der Waals surface area contributed by atoms with E-state index in [0.717, 1.165) is 57.8 Å². The number of hydrogen-bond acceptors (Lipinski definition) is 4. The summed E-state index contributed by atoms with van der Waals surface area (Å²) in [5, 5.41) is 4.32. The highest BCUT2D eigenvalue weighted by atomic mass is 16.2. The number of nitrogens with one attached hydrogen (secondary N) is 1. The lowest BCUT2D eigenvalue weighted by Crippen LogP contribution is -2.45. The van der Waals surface area contributed by atoms with Crippen LogP contribution in [0.1, 0.15) is 53.6 Å². The molecular formula is C25H32N4O. The maximum atomic E-state index is 12.3. The molecule has 0 aromatic heterocycles. The third-order valence-corrected chi connectivity index (χ3v) is 6.08. The molecule has 1 amide bonds. The maximum Gasteiger partial charge on any atom is 0.271 e. The zero-order valence-electron chi connectivity index (χ0n) is 17.7. The maximum absolute atomic E-state index is 12.3. The average Bonchev–Trinajstić information content (AvgIpc) is 2.81. The van der Waals surface area contributed by atoms with E-state index in [1.54, 1.807) is 0 Å². The first-order chi connectivity index (χ1) is 14.8. The molecular weight excluding hydrogens is 372 g/mol. The van der Waals surface area contributed by atoms with Crippen LogP contribution in [0.15, 0.2) is 59.7 Å². The van der Waals surface area contributed by atoms with E-state index in [4.69, 9.17) is 0 Å². The number of piperazine rings is 1. The van der Waals surface area contributed by atoms with Crippen molar-refractivity contribution in [3.8, 4) is 0 Å². The molecule has 1 aliphatic heterocycles. The summed E-state index contributed by atoms with van der Waals surface area (Å²) in [4.78, 5) is 17.4. The highest BCUT2D eigenvalue weighted by Gasteiger charge is 2.17. The van der Waals surface area contributed by atoms with Crippen LogP contribution in [-0.2, 0) is 13.1 Å². The second kappa shape index (κ2) is 10.5. The highest BCUT2D eigenvalue weighted by Crippen LogP contribution is 2.15.